The molecule has 0 saturated carbocycles. The number of carbonyl (C=O) groups is 1. The summed E-state index contributed by atoms with van der Waals surface area (Å²) < 4.78 is 1.03. The Morgan fingerprint density at radius 1 is 1.00 bits per heavy atom. The van der Waals surface area contributed by atoms with Crippen LogP contribution in [0.1, 0.15) is 30.5 Å². The molecular weight excluding hydrogens is 340 g/mol. The van der Waals surface area contributed by atoms with E-state index >= 15 is 0 Å². The molecule has 0 fully saturated rings. The first kappa shape index (κ1) is 16.6. The van der Waals surface area contributed by atoms with E-state index in [0.29, 0.717) is 6.54 Å². The van der Waals surface area contributed by atoms with Crippen LogP contribution in [0.2, 0.25) is 0 Å². The SMILES string of the molecule is CCc1cccc(CC)c1NC(=O)NCc1ccc(Br)cc1. The summed E-state index contributed by atoms with van der Waals surface area (Å²) in [6.45, 7) is 4.70. The van der Waals surface area contributed by atoms with Crippen molar-refractivity contribution >= 4 is 27.6 Å². The van der Waals surface area contributed by atoms with E-state index in [4.69, 9.17) is 0 Å². The maximum Gasteiger partial charge on any atom is 0.319 e. The van der Waals surface area contributed by atoms with Crippen LogP contribution in [-0.2, 0) is 19.4 Å². The predicted octanol–water partition coefficient (Wildman–Crippen LogP) is 4.90. The van der Waals surface area contributed by atoms with Crippen molar-refractivity contribution in [3.63, 3.8) is 0 Å². The number of amides is 2. The molecule has 0 bridgehead atoms. The molecule has 0 aromatic heterocycles. The number of carbonyl (C=O) groups excluding carboxylic acids is 1. The highest BCUT2D eigenvalue weighted by molar-refractivity contribution is 9.10. The normalized spacial score (nSPS) is 10.3. The number of nitrogens with one attached hydrogen (secondary N) is 2. The van der Waals surface area contributed by atoms with Crippen molar-refractivity contribution in [2.75, 3.05) is 5.32 Å². The van der Waals surface area contributed by atoms with Gasteiger partial charge in [0.1, 0.15) is 0 Å². The molecule has 2 rings (SSSR count). The second kappa shape index (κ2) is 7.99. The summed E-state index contributed by atoms with van der Waals surface area (Å²) in [6, 6.07) is 13.9. The van der Waals surface area contributed by atoms with Gasteiger partial charge in [0.05, 0.1) is 0 Å². The number of hydrogen-bond donors (Lipinski definition) is 2. The number of urea groups is 1. The fraction of sp³-hybridized carbons (Fsp3) is 0.278. The van der Waals surface area contributed by atoms with Gasteiger partial charge in [-0.3, -0.25) is 0 Å². The van der Waals surface area contributed by atoms with Gasteiger partial charge in [-0.2, -0.15) is 0 Å². The Bertz CT molecular complexity index is 616. The minimum atomic E-state index is -0.168. The molecule has 116 valence electrons. The van der Waals surface area contributed by atoms with Gasteiger partial charge < -0.3 is 10.6 Å². The third kappa shape index (κ3) is 4.34. The molecule has 0 aliphatic carbocycles. The van der Waals surface area contributed by atoms with Gasteiger partial charge in [-0.1, -0.05) is 60.1 Å². The first-order valence-corrected chi connectivity index (χ1v) is 8.33. The lowest BCUT2D eigenvalue weighted by atomic mass is 10.0. The topological polar surface area (TPSA) is 41.1 Å². The molecule has 2 aromatic carbocycles. The van der Waals surface area contributed by atoms with Crippen molar-refractivity contribution in [1.82, 2.24) is 5.32 Å². The van der Waals surface area contributed by atoms with Crippen LogP contribution in [0.15, 0.2) is 46.9 Å². The van der Waals surface area contributed by atoms with Gasteiger partial charge in [0, 0.05) is 16.7 Å². The minimum absolute atomic E-state index is 0.168. The van der Waals surface area contributed by atoms with E-state index in [2.05, 4.69) is 52.5 Å². The molecule has 0 heterocycles. The van der Waals surface area contributed by atoms with Crippen molar-refractivity contribution in [2.45, 2.75) is 33.2 Å². The molecule has 0 radical (unpaired) electrons. The quantitative estimate of drug-likeness (QED) is 0.782. The summed E-state index contributed by atoms with van der Waals surface area (Å²) in [4.78, 5) is 12.2. The van der Waals surface area contributed by atoms with Crippen molar-refractivity contribution in [2.24, 2.45) is 0 Å². The summed E-state index contributed by atoms with van der Waals surface area (Å²) in [5.41, 5.74) is 4.34. The predicted molar refractivity (Wildman–Crippen MR) is 95.2 cm³/mol. The number of benzene rings is 2. The fourth-order valence-corrected chi connectivity index (χ4v) is 2.61. The molecule has 0 aliphatic heterocycles. The van der Waals surface area contributed by atoms with Crippen LogP contribution in [0.25, 0.3) is 0 Å². The highest BCUT2D eigenvalue weighted by Crippen LogP contribution is 2.22. The number of para-hydroxylation sites is 1. The van der Waals surface area contributed by atoms with E-state index in [1.807, 2.05) is 30.3 Å². The Morgan fingerprint density at radius 3 is 2.14 bits per heavy atom. The third-order valence-electron chi connectivity index (χ3n) is 3.60. The number of anilines is 1. The summed E-state index contributed by atoms with van der Waals surface area (Å²) >= 11 is 3.40. The Balaban J connectivity index is 2.01. The van der Waals surface area contributed by atoms with Crippen molar-refractivity contribution in [1.29, 1.82) is 0 Å². The van der Waals surface area contributed by atoms with Gasteiger partial charge in [-0.05, 0) is 41.7 Å². The Hall–Kier alpha value is -1.81. The summed E-state index contributed by atoms with van der Waals surface area (Å²) in [6.07, 6.45) is 1.80. The second-order valence-electron chi connectivity index (χ2n) is 5.09. The van der Waals surface area contributed by atoms with Crippen LogP contribution in [0, 0.1) is 0 Å². The summed E-state index contributed by atoms with van der Waals surface area (Å²) in [7, 11) is 0. The molecule has 3 nitrogen and oxygen atoms in total. The van der Waals surface area contributed by atoms with Gasteiger partial charge in [0.15, 0.2) is 0 Å². The number of halogens is 1. The Kier molecular flexibility index (Phi) is 6.01. The Morgan fingerprint density at radius 2 is 1.59 bits per heavy atom. The summed E-state index contributed by atoms with van der Waals surface area (Å²) in [5, 5.41) is 5.91. The van der Waals surface area contributed by atoms with Crippen molar-refractivity contribution in [3.05, 3.63) is 63.6 Å². The number of hydrogen-bond acceptors (Lipinski definition) is 1. The molecule has 0 unspecified atom stereocenters. The molecule has 2 amide bonds. The van der Waals surface area contributed by atoms with E-state index in [9.17, 15) is 4.79 Å². The van der Waals surface area contributed by atoms with Crippen LogP contribution in [0.5, 0.6) is 0 Å². The zero-order valence-corrected chi connectivity index (χ0v) is 14.5. The fourth-order valence-electron chi connectivity index (χ4n) is 2.35. The standard InChI is InChI=1S/C18H21BrN2O/c1-3-14-6-5-7-15(4-2)17(14)21-18(22)20-12-13-8-10-16(19)11-9-13/h5-11H,3-4,12H2,1-2H3,(H2,20,21,22). The average molecular weight is 361 g/mol. The van der Waals surface area contributed by atoms with Gasteiger partial charge in [-0.25, -0.2) is 4.79 Å². The Labute approximate surface area is 140 Å². The van der Waals surface area contributed by atoms with Gasteiger partial charge in [0.2, 0.25) is 0 Å². The molecule has 0 atom stereocenters. The average Bonchev–Trinajstić information content (AvgIpc) is 2.54. The lowest BCUT2D eigenvalue weighted by Gasteiger charge is -2.15. The second-order valence-corrected chi connectivity index (χ2v) is 6.01. The van der Waals surface area contributed by atoms with Crippen LogP contribution >= 0.6 is 15.9 Å². The smallest absolute Gasteiger partial charge is 0.319 e. The van der Waals surface area contributed by atoms with Gasteiger partial charge in [0.25, 0.3) is 0 Å². The zero-order chi connectivity index (χ0) is 15.9. The van der Waals surface area contributed by atoms with Gasteiger partial charge in [-0.15, -0.1) is 0 Å². The van der Waals surface area contributed by atoms with Crippen LogP contribution in [-0.4, -0.2) is 6.03 Å². The van der Waals surface area contributed by atoms with E-state index in [1.54, 1.807) is 0 Å². The van der Waals surface area contributed by atoms with Crippen molar-refractivity contribution < 1.29 is 4.79 Å². The van der Waals surface area contributed by atoms with E-state index in [1.165, 1.54) is 0 Å². The molecule has 22 heavy (non-hydrogen) atoms. The molecule has 2 N–H and O–H groups in total. The van der Waals surface area contributed by atoms with E-state index in [0.717, 1.165) is 39.7 Å². The van der Waals surface area contributed by atoms with Crippen molar-refractivity contribution in [3.8, 4) is 0 Å². The molecule has 0 aliphatic rings. The lowest BCUT2D eigenvalue weighted by Crippen LogP contribution is -2.29. The molecule has 0 saturated heterocycles. The highest BCUT2D eigenvalue weighted by atomic mass is 79.9. The van der Waals surface area contributed by atoms with Crippen LogP contribution < -0.4 is 10.6 Å². The zero-order valence-electron chi connectivity index (χ0n) is 12.9. The first-order chi connectivity index (χ1) is 10.6. The van der Waals surface area contributed by atoms with E-state index in [-0.39, 0.29) is 6.03 Å². The highest BCUT2D eigenvalue weighted by Gasteiger charge is 2.09. The maximum atomic E-state index is 12.2. The minimum Gasteiger partial charge on any atom is -0.334 e. The largest absolute Gasteiger partial charge is 0.334 e. The maximum absolute atomic E-state index is 12.2. The molecule has 4 heteroatoms. The van der Waals surface area contributed by atoms with E-state index < -0.39 is 0 Å². The van der Waals surface area contributed by atoms with Crippen LogP contribution in [0.4, 0.5) is 10.5 Å². The third-order valence-corrected chi connectivity index (χ3v) is 4.13. The van der Waals surface area contributed by atoms with Gasteiger partial charge >= 0.3 is 6.03 Å². The van der Waals surface area contributed by atoms with Crippen LogP contribution in [0.3, 0.4) is 0 Å². The monoisotopic (exact) mass is 360 g/mol. The summed E-state index contributed by atoms with van der Waals surface area (Å²) in [5.74, 6) is 0. The number of aryl methyl sites for hydroxylation is 2. The molecule has 2 aromatic rings. The molecule has 0 spiro atoms. The first-order valence-electron chi connectivity index (χ1n) is 7.54. The molecular formula is C18H21BrN2O. The lowest BCUT2D eigenvalue weighted by molar-refractivity contribution is 0.251. The number of rotatable bonds is 5.